The summed E-state index contributed by atoms with van der Waals surface area (Å²) < 4.78 is 11.7. The predicted molar refractivity (Wildman–Crippen MR) is 72.5 cm³/mol. The van der Waals surface area contributed by atoms with Crippen LogP contribution in [0.15, 0.2) is 25.3 Å². The molecule has 3 aliphatic rings. The van der Waals surface area contributed by atoms with Crippen LogP contribution in [0.4, 0.5) is 0 Å². The van der Waals surface area contributed by atoms with Crippen molar-refractivity contribution in [1.29, 1.82) is 0 Å². The van der Waals surface area contributed by atoms with Gasteiger partial charge in [-0.15, -0.1) is 13.2 Å². The van der Waals surface area contributed by atoms with Crippen molar-refractivity contribution in [3.8, 4) is 0 Å². The van der Waals surface area contributed by atoms with Gasteiger partial charge in [-0.3, -0.25) is 4.79 Å². The molecule has 3 fully saturated rings. The first-order valence-corrected chi connectivity index (χ1v) is 7.19. The summed E-state index contributed by atoms with van der Waals surface area (Å²) in [6, 6.07) is 0. The first kappa shape index (κ1) is 13.1. The van der Waals surface area contributed by atoms with Gasteiger partial charge < -0.3 is 9.47 Å². The maximum Gasteiger partial charge on any atom is 0.169 e. The van der Waals surface area contributed by atoms with E-state index in [1.165, 1.54) is 0 Å². The molecular weight excluding hydrogens is 240 g/mol. The first-order valence-electron chi connectivity index (χ1n) is 7.19. The number of hydrogen-bond acceptors (Lipinski definition) is 3. The molecule has 0 unspecified atom stereocenters. The quantitative estimate of drug-likeness (QED) is 0.731. The van der Waals surface area contributed by atoms with Crippen LogP contribution in [0.25, 0.3) is 0 Å². The average molecular weight is 262 g/mol. The first-order chi connectivity index (χ1) is 9.16. The fraction of sp³-hybridized carbons (Fsp3) is 0.688. The highest BCUT2D eigenvalue weighted by Crippen LogP contribution is 2.60. The Labute approximate surface area is 114 Å². The zero-order valence-corrected chi connectivity index (χ0v) is 11.4. The minimum absolute atomic E-state index is 0.299. The van der Waals surface area contributed by atoms with Crippen molar-refractivity contribution in [2.24, 2.45) is 17.3 Å². The molecule has 0 aromatic rings. The summed E-state index contributed by atoms with van der Waals surface area (Å²) in [6.07, 6.45) is 7.64. The molecule has 0 bridgehead atoms. The minimum atomic E-state index is -0.399. The molecule has 3 nitrogen and oxygen atoms in total. The van der Waals surface area contributed by atoms with Gasteiger partial charge in [0.25, 0.3) is 0 Å². The SMILES string of the molecule is C=CCC1(CC=C)C(=O)C[C@@H]2CC3(C[C@@H]21)OCCO3. The second-order valence-corrected chi connectivity index (χ2v) is 6.15. The molecule has 104 valence electrons. The van der Waals surface area contributed by atoms with Crippen LogP contribution in [0.3, 0.4) is 0 Å². The highest BCUT2D eigenvalue weighted by atomic mass is 16.7. The third kappa shape index (κ3) is 1.83. The lowest BCUT2D eigenvalue weighted by molar-refractivity contribution is -0.160. The van der Waals surface area contributed by atoms with Gasteiger partial charge in [-0.1, -0.05) is 12.2 Å². The molecule has 3 heteroatoms. The Bertz CT molecular complexity index is 396. The smallest absolute Gasteiger partial charge is 0.169 e. The molecule has 1 spiro atoms. The Hall–Kier alpha value is -0.930. The number of rotatable bonds is 4. The van der Waals surface area contributed by atoms with Crippen molar-refractivity contribution in [2.45, 2.75) is 37.9 Å². The van der Waals surface area contributed by atoms with Gasteiger partial charge in [-0.25, -0.2) is 0 Å². The molecule has 19 heavy (non-hydrogen) atoms. The van der Waals surface area contributed by atoms with Gasteiger partial charge in [0.1, 0.15) is 5.78 Å². The number of allylic oxidation sites excluding steroid dienone is 2. The zero-order valence-electron chi connectivity index (χ0n) is 11.4. The number of carbonyl (C=O) groups is 1. The summed E-state index contributed by atoms with van der Waals surface area (Å²) in [4.78, 5) is 12.5. The molecule has 2 atom stereocenters. The highest BCUT2D eigenvalue weighted by molar-refractivity contribution is 5.88. The Balaban J connectivity index is 1.89. The molecule has 2 saturated carbocycles. The van der Waals surface area contributed by atoms with E-state index in [0.717, 1.165) is 25.7 Å². The van der Waals surface area contributed by atoms with Crippen molar-refractivity contribution < 1.29 is 14.3 Å². The fourth-order valence-electron chi connectivity index (χ4n) is 4.50. The van der Waals surface area contributed by atoms with Crippen LogP contribution in [0.2, 0.25) is 0 Å². The Kier molecular flexibility index (Phi) is 3.14. The molecule has 1 aliphatic heterocycles. The van der Waals surface area contributed by atoms with Gasteiger partial charge in [0.15, 0.2) is 5.79 Å². The summed E-state index contributed by atoms with van der Waals surface area (Å²) in [5.41, 5.74) is -0.299. The van der Waals surface area contributed by atoms with Crippen molar-refractivity contribution in [3.63, 3.8) is 0 Å². The van der Waals surface area contributed by atoms with Gasteiger partial charge in [0.2, 0.25) is 0 Å². The van der Waals surface area contributed by atoms with E-state index in [1.807, 2.05) is 12.2 Å². The lowest BCUT2D eigenvalue weighted by Crippen LogP contribution is -2.35. The number of ether oxygens (including phenoxy) is 2. The molecule has 0 N–H and O–H groups in total. The Morgan fingerprint density at radius 1 is 1.16 bits per heavy atom. The fourth-order valence-corrected chi connectivity index (χ4v) is 4.50. The standard InChI is InChI=1S/C16H22O3/c1-3-5-15(6-4-2)13-11-16(18-7-8-19-16)10-12(13)9-14(15)17/h3-4,12-13H,1-2,5-11H2/t12-,13+/m1/s1. The van der Waals surface area contributed by atoms with E-state index in [1.54, 1.807) is 0 Å². The maximum atomic E-state index is 12.5. The summed E-state index contributed by atoms with van der Waals surface area (Å²) in [5.74, 6) is 0.749. The number of fused-ring (bicyclic) bond motifs is 1. The van der Waals surface area contributed by atoms with E-state index < -0.39 is 5.79 Å². The van der Waals surface area contributed by atoms with Gasteiger partial charge in [-0.05, 0) is 24.7 Å². The van der Waals surface area contributed by atoms with Gasteiger partial charge >= 0.3 is 0 Å². The third-order valence-electron chi connectivity index (χ3n) is 5.22. The average Bonchev–Trinajstić information content (AvgIpc) is 3.02. The molecule has 1 saturated heterocycles. The van der Waals surface area contributed by atoms with E-state index >= 15 is 0 Å². The number of Topliss-reactive ketones (excluding diaryl/α,β-unsaturated/α-hetero) is 1. The van der Waals surface area contributed by atoms with Crippen LogP contribution in [0.1, 0.15) is 32.1 Å². The van der Waals surface area contributed by atoms with Crippen molar-refractivity contribution in [2.75, 3.05) is 13.2 Å². The van der Waals surface area contributed by atoms with Gasteiger partial charge in [0, 0.05) is 24.7 Å². The largest absolute Gasteiger partial charge is 0.348 e. The van der Waals surface area contributed by atoms with E-state index in [4.69, 9.17) is 9.47 Å². The predicted octanol–water partition coefficient (Wildman–Crippen LogP) is 2.87. The van der Waals surface area contributed by atoms with Crippen LogP contribution < -0.4 is 0 Å². The highest BCUT2D eigenvalue weighted by Gasteiger charge is 2.62. The summed E-state index contributed by atoms with van der Waals surface area (Å²) in [5, 5.41) is 0. The molecule has 0 aromatic heterocycles. The van der Waals surface area contributed by atoms with E-state index in [2.05, 4.69) is 13.2 Å². The Morgan fingerprint density at radius 3 is 2.37 bits per heavy atom. The van der Waals surface area contributed by atoms with Crippen LogP contribution >= 0.6 is 0 Å². The molecular formula is C16H22O3. The van der Waals surface area contributed by atoms with E-state index in [0.29, 0.717) is 37.3 Å². The summed E-state index contributed by atoms with van der Waals surface area (Å²) in [6.45, 7) is 9.05. The maximum absolute atomic E-state index is 12.5. The monoisotopic (exact) mass is 262 g/mol. The van der Waals surface area contributed by atoms with Crippen molar-refractivity contribution in [1.82, 2.24) is 0 Å². The van der Waals surface area contributed by atoms with Crippen LogP contribution in [-0.4, -0.2) is 24.8 Å². The lowest BCUT2D eigenvalue weighted by Gasteiger charge is -2.33. The zero-order chi connectivity index (χ0) is 13.5. The van der Waals surface area contributed by atoms with E-state index in [9.17, 15) is 4.79 Å². The molecule has 0 amide bonds. The number of ketones is 1. The third-order valence-corrected chi connectivity index (χ3v) is 5.22. The molecule has 2 aliphatic carbocycles. The van der Waals surface area contributed by atoms with E-state index in [-0.39, 0.29) is 5.41 Å². The summed E-state index contributed by atoms with van der Waals surface area (Å²) in [7, 11) is 0. The molecule has 1 heterocycles. The van der Waals surface area contributed by atoms with Crippen molar-refractivity contribution in [3.05, 3.63) is 25.3 Å². The van der Waals surface area contributed by atoms with Gasteiger partial charge in [0.05, 0.1) is 13.2 Å². The minimum Gasteiger partial charge on any atom is -0.348 e. The Morgan fingerprint density at radius 2 is 1.79 bits per heavy atom. The number of carbonyl (C=O) groups excluding carboxylic acids is 1. The molecule has 0 aromatic carbocycles. The number of hydrogen-bond donors (Lipinski definition) is 0. The molecule has 3 rings (SSSR count). The normalized spacial score (nSPS) is 34.6. The van der Waals surface area contributed by atoms with Crippen LogP contribution in [0.5, 0.6) is 0 Å². The van der Waals surface area contributed by atoms with Crippen LogP contribution in [0, 0.1) is 17.3 Å². The molecule has 0 radical (unpaired) electrons. The second kappa shape index (κ2) is 4.57. The van der Waals surface area contributed by atoms with Crippen LogP contribution in [-0.2, 0) is 14.3 Å². The van der Waals surface area contributed by atoms with Crippen molar-refractivity contribution >= 4 is 5.78 Å². The lowest BCUT2D eigenvalue weighted by atomic mass is 9.70. The summed E-state index contributed by atoms with van der Waals surface area (Å²) >= 11 is 0. The van der Waals surface area contributed by atoms with Gasteiger partial charge in [-0.2, -0.15) is 0 Å². The second-order valence-electron chi connectivity index (χ2n) is 6.15. The topological polar surface area (TPSA) is 35.5 Å².